The van der Waals surface area contributed by atoms with Gasteiger partial charge in [-0.1, -0.05) is 18.2 Å². The number of sulfonamides is 1. The van der Waals surface area contributed by atoms with Crippen LogP contribution in [0.15, 0.2) is 53.4 Å². The zero-order chi connectivity index (χ0) is 21.6. The Labute approximate surface area is 176 Å². The highest BCUT2D eigenvalue weighted by molar-refractivity contribution is 7.89. The van der Waals surface area contributed by atoms with Crippen LogP contribution in [0.3, 0.4) is 0 Å². The normalized spacial score (nSPS) is 16.2. The number of carbonyl (C=O) groups excluding carboxylic acids is 2. The fraction of sp³-hybridized carbons (Fsp3) is 0.333. The predicted octanol–water partition coefficient (Wildman–Crippen LogP) is 2.03. The Kier molecular flexibility index (Phi) is 7.20. The first-order valence-corrected chi connectivity index (χ1v) is 11.2. The molecule has 2 aromatic carbocycles. The fourth-order valence-electron chi connectivity index (χ4n) is 3.09. The van der Waals surface area contributed by atoms with Crippen LogP contribution in [0.1, 0.15) is 35.7 Å². The van der Waals surface area contributed by atoms with Crippen molar-refractivity contribution in [1.82, 2.24) is 10.0 Å². The fourth-order valence-corrected chi connectivity index (χ4v) is 4.20. The molecule has 0 radical (unpaired) electrons. The summed E-state index contributed by atoms with van der Waals surface area (Å²) in [4.78, 5) is 23.6. The standard InChI is InChI=1S/C21H25N3O5S/c1-15(25)24-18-9-7-16(8-10-18)13-22-21(26)17-4-2-6-20(12-17)30(27,28)23-14-19-5-3-11-29-19/h2,4,6-10,12,19,23H,3,5,11,13-14H2,1H3,(H,22,26)(H,24,25). The lowest BCUT2D eigenvalue weighted by Crippen LogP contribution is -2.32. The van der Waals surface area contributed by atoms with Crippen molar-refractivity contribution in [2.24, 2.45) is 0 Å². The number of benzene rings is 2. The minimum absolute atomic E-state index is 0.0350. The molecule has 0 saturated carbocycles. The van der Waals surface area contributed by atoms with Gasteiger partial charge in [0, 0.05) is 37.9 Å². The van der Waals surface area contributed by atoms with Gasteiger partial charge >= 0.3 is 0 Å². The highest BCUT2D eigenvalue weighted by Gasteiger charge is 2.21. The maximum atomic E-state index is 12.5. The molecule has 2 amide bonds. The zero-order valence-corrected chi connectivity index (χ0v) is 17.5. The molecule has 0 spiro atoms. The first-order chi connectivity index (χ1) is 14.3. The molecule has 8 nitrogen and oxygen atoms in total. The van der Waals surface area contributed by atoms with Gasteiger partial charge < -0.3 is 15.4 Å². The van der Waals surface area contributed by atoms with E-state index in [4.69, 9.17) is 4.74 Å². The van der Waals surface area contributed by atoms with Crippen molar-refractivity contribution in [3.63, 3.8) is 0 Å². The van der Waals surface area contributed by atoms with Gasteiger partial charge in [-0.15, -0.1) is 0 Å². The number of ether oxygens (including phenoxy) is 1. The Morgan fingerprint density at radius 3 is 2.57 bits per heavy atom. The smallest absolute Gasteiger partial charge is 0.251 e. The summed E-state index contributed by atoms with van der Waals surface area (Å²) in [5.74, 6) is -0.534. The summed E-state index contributed by atoms with van der Waals surface area (Å²) >= 11 is 0. The highest BCUT2D eigenvalue weighted by atomic mass is 32.2. The molecule has 2 aromatic rings. The van der Waals surface area contributed by atoms with Crippen LogP contribution in [0.5, 0.6) is 0 Å². The van der Waals surface area contributed by atoms with Gasteiger partial charge in [0.1, 0.15) is 0 Å². The molecule has 1 saturated heterocycles. The summed E-state index contributed by atoms with van der Waals surface area (Å²) in [5.41, 5.74) is 1.77. The van der Waals surface area contributed by atoms with Crippen LogP contribution in [0.2, 0.25) is 0 Å². The molecule has 0 aliphatic carbocycles. The Hall–Kier alpha value is -2.75. The second-order valence-electron chi connectivity index (χ2n) is 7.08. The van der Waals surface area contributed by atoms with E-state index >= 15 is 0 Å². The van der Waals surface area contributed by atoms with E-state index < -0.39 is 10.0 Å². The van der Waals surface area contributed by atoms with Crippen LogP contribution >= 0.6 is 0 Å². The summed E-state index contributed by atoms with van der Waals surface area (Å²) in [6.45, 7) is 2.57. The van der Waals surface area contributed by atoms with Crippen LogP contribution < -0.4 is 15.4 Å². The maximum Gasteiger partial charge on any atom is 0.251 e. The van der Waals surface area contributed by atoms with Gasteiger partial charge in [-0.25, -0.2) is 13.1 Å². The van der Waals surface area contributed by atoms with E-state index in [1.807, 2.05) is 0 Å². The number of hydrogen-bond donors (Lipinski definition) is 3. The van der Waals surface area contributed by atoms with E-state index in [0.29, 0.717) is 12.3 Å². The lowest BCUT2D eigenvalue weighted by molar-refractivity contribution is -0.114. The molecule has 0 bridgehead atoms. The topological polar surface area (TPSA) is 114 Å². The number of nitrogens with one attached hydrogen (secondary N) is 3. The molecule has 3 rings (SSSR count). The van der Waals surface area contributed by atoms with Crippen molar-refractivity contribution in [2.75, 3.05) is 18.5 Å². The van der Waals surface area contributed by atoms with E-state index in [9.17, 15) is 18.0 Å². The summed E-state index contributed by atoms with van der Waals surface area (Å²) in [5, 5.41) is 5.44. The van der Waals surface area contributed by atoms with Crippen molar-refractivity contribution >= 4 is 27.5 Å². The Balaban J connectivity index is 1.59. The molecule has 1 unspecified atom stereocenters. The molecule has 1 atom stereocenters. The largest absolute Gasteiger partial charge is 0.377 e. The van der Waals surface area contributed by atoms with Crippen molar-refractivity contribution in [3.05, 3.63) is 59.7 Å². The van der Waals surface area contributed by atoms with Crippen molar-refractivity contribution in [2.45, 2.75) is 37.3 Å². The van der Waals surface area contributed by atoms with Gasteiger partial charge in [-0.3, -0.25) is 9.59 Å². The third kappa shape index (κ3) is 6.12. The van der Waals surface area contributed by atoms with Crippen molar-refractivity contribution < 1.29 is 22.7 Å². The van der Waals surface area contributed by atoms with E-state index in [2.05, 4.69) is 15.4 Å². The van der Waals surface area contributed by atoms with Crippen molar-refractivity contribution in [1.29, 1.82) is 0 Å². The Bertz CT molecular complexity index is 1000. The molecule has 0 aromatic heterocycles. The minimum Gasteiger partial charge on any atom is -0.377 e. The second-order valence-corrected chi connectivity index (χ2v) is 8.84. The molecule has 1 aliphatic heterocycles. The van der Waals surface area contributed by atoms with Crippen LogP contribution in [0, 0.1) is 0 Å². The number of anilines is 1. The number of rotatable bonds is 8. The van der Waals surface area contributed by atoms with E-state index in [-0.39, 0.29) is 41.5 Å². The third-order valence-corrected chi connectivity index (χ3v) is 6.08. The first kappa shape index (κ1) is 21.9. The lowest BCUT2D eigenvalue weighted by atomic mass is 10.2. The molecule has 1 heterocycles. The van der Waals surface area contributed by atoms with Crippen LogP contribution in [0.25, 0.3) is 0 Å². The van der Waals surface area contributed by atoms with Gasteiger partial charge in [0.2, 0.25) is 15.9 Å². The SMILES string of the molecule is CC(=O)Nc1ccc(CNC(=O)c2cccc(S(=O)(=O)NCC3CCCO3)c2)cc1. The van der Waals surface area contributed by atoms with Crippen LogP contribution in [0.4, 0.5) is 5.69 Å². The average Bonchev–Trinajstić information content (AvgIpc) is 3.25. The Morgan fingerprint density at radius 1 is 1.13 bits per heavy atom. The molecular formula is C21H25N3O5S. The molecule has 160 valence electrons. The van der Waals surface area contributed by atoms with E-state index in [1.54, 1.807) is 30.3 Å². The average molecular weight is 432 g/mol. The van der Waals surface area contributed by atoms with Crippen LogP contribution in [-0.2, 0) is 26.1 Å². The number of hydrogen-bond acceptors (Lipinski definition) is 5. The van der Waals surface area contributed by atoms with Gasteiger partial charge in [0.15, 0.2) is 0 Å². The minimum atomic E-state index is -3.73. The summed E-state index contributed by atoms with van der Waals surface area (Å²) in [7, 11) is -3.73. The quantitative estimate of drug-likeness (QED) is 0.592. The molecule has 30 heavy (non-hydrogen) atoms. The van der Waals surface area contributed by atoms with E-state index in [0.717, 1.165) is 18.4 Å². The number of carbonyl (C=O) groups is 2. The van der Waals surface area contributed by atoms with Gasteiger partial charge in [0.05, 0.1) is 11.0 Å². The second kappa shape index (κ2) is 9.84. The highest BCUT2D eigenvalue weighted by Crippen LogP contribution is 2.15. The van der Waals surface area contributed by atoms with Gasteiger partial charge in [-0.2, -0.15) is 0 Å². The van der Waals surface area contributed by atoms with E-state index in [1.165, 1.54) is 25.1 Å². The summed E-state index contributed by atoms with van der Waals surface area (Å²) in [6, 6.07) is 13.0. The lowest BCUT2D eigenvalue weighted by Gasteiger charge is -2.12. The van der Waals surface area contributed by atoms with Crippen molar-refractivity contribution in [3.8, 4) is 0 Å². The maximum absolute atomic E-state index is 12.5. The van der Waals surface area contributed by atoms with Gasteiger partial charge in [0.25, 0.3) is 5.91 Å². The molecule has 9 heteroatoms. The van der Waals surface area contributed by atoms with Crippen LogP contribution in [-0.4, -0.2) is 39.5 Å². The zero-order valence-electron chi connectivity index (χ0n) is 16.7. The summed E-state index contributed by atoms with van der Waals surface area (Å²) < 4.78 is 33.0. The number of amides is 2. The van der Waals surface area contributed by atoms with Gasteiger partial charge in [-0.05, 0) is 48.7 Å². The first-order valence-electron chi connectivity index (χ1n) is 9.69. The monoisotopic (exact) mass is 431 g/mol. The third-order valence-electron chi connectivity index (χ3n) is 4.66. The predicted molar refractivity (Wildman–Crippen MR) is 113 cm³/mol. The Morgan fingerprint density at radius 2 is 1.90 bits per heavy atom. The molecule has 1 aliphatic rings. The molecule has 3 N–H and O–H groups in total. The molecule has 1 fully saturated rings. The summed E-state index contributed by atoms with van der Waals surface area (Å²) in [6.07, 6.45) is 1.65. The molecular weight excluding hydrogens is 406 g/mol.